The molecule has 0 spiro atoms. The molecule has 2 aromatic rings. The summed E-state index contributed by atoms with van der Waals surface area (Å²) in [6.45, 7) is 1.22. The summed E-state index contributed by atoms with van der Waals surface area (Å²) in [4.78, 5) is 41.1. The molecule has 0 unspecified atom stereocenters. The fourth-order valence-corrected chi connectivity index (χ4v) is 3.17. The zero-order chi connectivity index (χ0) is 19.2. The first-order valence-electron chi connectivity index (χ1n) is 8.75. The summed E-state index contributed by atoms with van der Waals surface area (Å²) in [5.74, 6) is -0.579. The molecule has 2 heterocycles. The number of piperidine rings is 1. The molecular weight excluding hydrogens is 348 g/mol. The topological polar surface area (TPSA) is 105 Å². The molecule has 0 radical (unpaired) electrons. The van der Waals surface area contributed by atoms with Crippen LogP contribution in [0, 0.1) is 16.0 Å². The predicted molar refractivity (Wildman–Crippen MR) is 97.8 cm³/mol. The average Bonchev–Trinajstić information content (AvgIpc) is 2.72. The first kappa shape index (κ1) is 18.5. The van der Waals surface area contributed by atoms with Gasteiger partial charge in [0.25, 0.3) is 11.6 Å². The van der Waals surface area contributed by atoms with Crippen LogP contribution in [0.5, 0.6) is 0 Å². The second kappa shape index (κ2) is 8.39. The Labute approximate surface area is 156 Å². The Balaban J connectivity index is 1.55. The summed E-state index contributed by atoms with van der Waals surface area (Å²) in [6.07, 6.45) is 4.44. The van der Waals surface area contributed by atoms with Crippen LogP contribution in [0.25, 0.3) is 0 Å². The molecule has 0 aliphatic carbocycles. The van der Waals surface area contributed by atoms with Crippen molar-refractivity contribution in [3.63, 3.8) is 0 Å². The van der Waals surface area contributed by atoms with Crippen LogP contribution < -0.4 is 5.32 Å². The van der Waals surface area contributed by atoms with Crippen molar-refractivity contribution in [1.29, 1.82) is 0 Å². The molecule has 1 fully saturated rings. The number of rotatable bonds is 5. The number of hydrogen-bond acceptors (Lipinski definition) is 5. The summed E-state index contributed by atoms with van der Waals surface area (Å²) in [5.41, 5.74) is 0.815. The second-order valence-corrected chi connectivity index (χ2v) is 6.42. The number of amides is 2. The number of para-hydroxylation sites is 1. The molecule has 1 saturated heterocycles. The van der Waals surface area contributed by atoms with E-state index in [9.17, 15) is 19.7 Å². The normalized spacial score (nSPS) is 14.6. The number of hydrogen-bond donors (Lipinski definition) is 1. The lowest BCUT2D eigenvalue weighted by Gasteiger charge is -2.31. The van der Waals surface area contributed by atoms with E-state index in [2.05, 4.69) is 10.3 Å². The molecule has 1 aromatic heterocycles. The third kappa shape index (κ3) is 4.46. The number of aromatic nitrogens is 1. The number of nitrogens with one attached hydrogen (secondary N) is 1. The summed E-state index contributed by atoms with van der Waals surface area (Å²) < 4.78 is 0. The number of carbonyl (C=O) groups excluding carboxylic acids is 2. The van der Waals surface area contributed by atoms with Crippen LogP contribution in [-0.4, -0.2) is 39.7 Å². The minimum Gasteiger partial charge on any atom is -0.352 e. The Bertz CT molecular complexity index is 833. The van der Waals surface area contributed by atoms with Gasteiger partial charge in [0, 0.05) is 44.0 Å². The van der Waals surface area contributed by atoms with Crippen LogP contribution in [0.15, 0.2) is 48.8 Å². The van der Waals surface area contributed by atoms with Crippen LogP contribution in [0.2, 0.25) is 0 Å². The minimum absolute atomic E-state index is 0.0448. The van der Waals surface area contributed by atoms with Crippen molar-refractivity contribution in [2.75, 3.05) is 13.1 Å². The molecule has 140 valence electrons. The molecule has 1 aliphatic rings. The number of pyridine rings is 1. The molecule has 1 N–H and O–H groups in total. The van der Waals surface area contributed by atoms with E-state index >= 15 is 0 Å². The standard InChI is InChI=1S/C19H20N4O4/c24-18(21-13-14-4-3-9-20-12-14)15-7-10-22(11-8-15)19(25)16-5-1-2-6-17(16)23(26)27/h1-6,9,12,15H,7-8,10-11,13H2,(H,21,24). The molecule has 8 nitrogen and oxygen atoms in total. The summed E-state index contributed by atoms with van der Waals surface area (Å²) in [5, 5.41) is 14.0. The predicted octanol–water partition coefficient (Wildman–Crippen LogP) is 2.16. The second-order valence-electron chi connectivity index (χ2n) is 6.42. The highest BCUT2D eigenvalue weighted by Crippen LogP contribution is 2.23. The minimum atomic E-state index is -0.550. The Morgan fingerprint density at radius 3 is 2.59 bits per heavy atom. The van der Waals surface area contributed by atoms with Gasteiger partial charge in [0.1, 0.15) is 5.56 Å². The van der Waals surface area contributed by atoms with E-state index in [1.54, 1.807) is 23.4 Å². The summed E-state index contributed by atoms with van der Waals surface area (Å²) >= 11 is 0. The lowest BCUT2D eigenvalue weighted by molar-refractivity contribution is -0.385. The van der Waals surface area contributed by atoms with E-state index < -0.39 is 4.92 Å². The van der Waals surface area contributed by atoms with Crippen LogP contribution in [0.1, 0.15) is 28.8 Å². The van der Waals surface area contributed by atoms with Crippen LogP contribution in [0.3, 0.4) is 0 Å². The van der Waals surface area contributed by atoms with E-state index in [0.29, 0.717) is 32.5 Å². The van der Waals surface area contributed by atoms with Crippen molar-refractivity contribution in [3.8, 4) is 0 Å². The van der Waals surface area contributed by atoms with Gasteiger partial charge in [-0.3, -0.25) is 24.7 Å². The number of nitrogens with zero attached hydrogens (tertiary/aromatic N) is 3. The molecule has 0 bridgehead atoms. The zero-order valence-electron chi connectivity index (χ0n) is 14.7. The summed E-state index contributed by atoms with van der Waals surface area (Å²) in [7, 11) is 0. The highest BCUT2D eigenvalue weighted by molar-refractivity contribution is 5.98. The zero-order valence-corrected chi connectivity index (χ0v) is 14.7. The van der Waals surface area contributed by atoms with Crippen LogP contribution in [0.4, 0.5) is 5.69 Å². The Morgan fingerprint density at radius 1 is 1.19 bits per heavy atom. The Hall–Kier alpha value is -3.29. The molecule has 1 aliphatic heterocycles. The van der Waals surface area contributed by atoms with Crippen molar-refractivity contribution >= 4 is 17.5 Å². The van der Waals surface area contributed by atoms with Gasteiger partial charge < -0.3 is 10.2 Å². The molecule has 3 rings (SSSR count). The van der Waals surface area contributed by atoms with Gasteiger partial charge in [0.05, 0.1) is 4.92 Å². The number of benzene rings is 1. The molecule has 0 atom stereocenters. The van der Waals surface area contributed by atoms with Crippen molar-refractivity contribution < 1.29 is 14.5 Å². The number of likely N-dealkylation sites (tertiary alicyclic amines) is 1. The number of nitro groups is 1. The lowest BCUT2D eigenvalue weighted by Crippen LogP contribution is -2.43. The number of nitro benzene ring substituents is 1. The van der Waals surface area contributed by atoms with Gasteiger partial charge >= 0.3 is 0 Å². The maximum atomic E-state index is 12.6. The quantitative estimate of drug-likeness (QED) is 0.643. The van der Waals surface area contributed by atoms with Gasteiger partial charge in [-0.25, -0.2) is 0 Å². The SMILES string of the molecule is O=C(NCc1cccnc1)C1CCN(C(=O)c2ccccc2[N+](=O)[O-])CC1. The Morgan fingerprint density at radius 2 is 1.93 bits per heavy atom. The van der Waals surface area contributed by atoms with Crippen LogP contribution in [-0.2, 0) is 11.3 Å². The third-order valence-corrected chi connectivity index (χ3v) is 4.67. The summed E-state index contributed by atoms with van der Waals surface area (Å²) in [6, 6.07) is 9.64. The van der Waals surface area contributed by atoms with E-state index in [1.807, 2.05) is 12.1 Å². The Kier molecular flexibility index (Phi) is 5.75. The first-order valence-corrected chi connectivity index (χ1v) is 8.75. The van der Waals surface area contributed by atoms with Gasteiger partial charge in [-0.1, -0.05) is 18.2 Å². The van der Waals surface area contributed by atoms with Crippen molar-refractivity contribution in [2.45, 2.75) is 19.4 Å². The highest BCUT2D eigenvalue weighted by atomic mass is 16.6. The van der Waals surface area contributed by atoms with E-state index in [0.717, 1.165) is 5.56 Å². The van der Waals surface area contributed by atoms with E-state index in [-0.39, 0.29) is 29.0 Å². The van der Waals surface area contributed by atoms with Crippen LogP contribution >= 0.6 is 0 Å². The van der Waals surface area contributed by atoms with Gasteiger partial charge in [-0.15, -0.1) is 0 Å². The molecule has 0 saturated carbocycles. The lowest BCUT2D eigenvalue weighted by atomic mass is 9.95. The fraction of sp³-hybridized carbons (Fsp3) is 0.316. The molecule has 2 amide bonds. The van der Waals surface area contributed by atoms with Gasteiger partial charge in [-0.05, 0) is 30.5 Å². The number of carbonyl (C=O) groups is 2. The monoisotopic (exact) mass is 368 g/mol. The third-order valence-electron chi connectivity index (χ3n) is 4.67. The van der Waals surface area contributed by atoms with Crippen molar-refractivity contribution in [3.05, 3.63) is 70.0 Å². The molecular formula is C19H20N4O4. The maximum absolute atomic E-state index is 12.6. The van der Waals surface area contributed by atoms with E-state index in [4.69, 9.17) is 0 Å². The van der Waals surface area contributed by atoms with Crippen molar-refractivity contribution in [2.24, 2.45) is 5.92 Å². The molecule has 8 heteroatoms. The fourth-order valence-electron chi connectivity index (χ4n) is 3.17. The maximum Gasteiger partial charge on any atom is 0.282 e. The van der Waals surface area contributed by atoms with Crippen molar-refractivity contribution in [1.82, 2.24) is 15.2 Å². The van der Waals surface area contributed by atoms with Gasteiger partial charge in [0.15, 0.2) is 0 Å². The van der Waals surface area contributed by atoms with Gasteiger partial charge in [-0.2, -0.15) is 0 Å². The highest BCUT2D eigenvalue weighted by Gasteiger charge is 2.30. The van der Waals surface area contributed by atoms with E-state index in [1.165, 1.54) is 18.2 Å². The average molecular weight is 368 g/mol. The van der Waals surface area contributed by atoms with Gasteiger partial charge in [0.2, 0.25) is 5.91 Å². The first-order chi connectivity index (χ1) is 13.1. The smallest absolute Gasteiger partial charge is 0.282 e. The molecule has 27 heavy (non-hydrogen) atoms. The molecule has 1 aromatic carbocycles. The largest absolute Gasteiger partial charge is 0.352 e.